The van der Waals surface area contributed by atoms with Gasteiger partial charge in [-0.3, -0.25) is 0 Å². The van der Waals surface area contributed by atoms with Gasteiger partial charge in [-0.1, -0.05) is 20.8 Å². The fourth-order valence-electron chi connectivity index (χ4n) is 2.09. The third-order valence-electron chi connectivity index (χ3n) is 3.23. The molecule has 1 aromatic heterocycles. The Morgan fingerprint density at radius 2 is 1.89 bits per heavy atom. The van der Waals surface area contributed by atoms with Crippen LogP contribution < -0.4 is 5.32 Å². The van der Waals surface area contributed by atoms with E-state index in [0.717, 1.165) is 62.8 Å². The van der Waals surface area contributed by atoms with Crippen LogP contribution in [0.25, 0.3) is 0 Å². The van der Waals surface area contributed by atoms with Crippen LogP contribution in [0.5, 0.6) is 0 Å². The predicted octanol–water partition coefficient (Wildman–Crippen LogP) is 2.17. The van der Waals surface area contributed by atoms with E-state index in [1.165, 1.54) is 0 Å². The molecule has 0 radical (unpaired) electrons. The molecule has 108 valence electrons. The molecule has 1 aromatic rings. The van der Waals surface area contributed by atoms with Gasteiger partial charge in [0.05, 0.1) is 5.69 Å². The Kier molecular flexibility index (Phi) is 7.60. The Labute approximate surface area is 117 Å². The molecule has 0 saturated carbocycles. The first-order valence-electron chi connectivity index (χ1n) is 7.46. The summed E-state index contributed by atoms with van der Waals surface area (Å²) in [5, 5.41) is 3.39. The van der Waals surface area contributed by atoms with E-state index < -0.39 is 0 Å². The molecule has 0 saturated heterocycles. The van der Waals surface area contributed by atoms with Gasteiger partial charge in [0, 0.05) is 25.2 Å². The highest BCUT2D eigenvalue weighted by molar-refractivity contribution is 5.10. The lowest BCUT2D eigenvalue weighted by Crippen LogP contribution is -2.26. The number of nitrogens with one attached hydrogen (secondary N) is 1. The maximum atomic E-state index is 4.65. The van der Waals surface area contributed by atoms with Crippen LogP contribution in [-0.2, 0) is 13.0 Å². The number of likely N-dealkylation sites (N-methyl/N-ethyl adjacent to an activating group) is 1. The van der Waals surface area contributed by atoms with Crippen LogP contribution in [0.15, 0.2) is 6.07 Å². The SMILES string of the molecule is CCCNCc1cc(C)nc(CCN(CC)CC)n1. The monoisotopic (exact) mass is 264 g/mol. The summed E-state index contributed by atoms with van der Waals surface area (Å²) < 4.78 is 0. The highest BCUT2D eigenvalue weighted by Gasteiger charge is 2.05. The smallest absolute Gasteiger partial charge is 0.130 e. The van der Waals surface area contributed by atoms with Crippen LogP contribution in [0, 0.1) is 6.92 Å². The average molecular weight is 264 g/mol. The molecule has 0 fully saturated rings. The van der Waals surface area contributed by atoms with Crippen LogP contribution in [0.3, 0.4) is 0 Å². The number of aromatic nitrogens is 2. The van der Waals surface area contributed by atoms with Gasteiger partial charge in [-0.25, -0.2) is 9.97 Å². The summed E-state index contributed by atoms with van der Waals surface area (Å²) in [7, 11) is 0. The largest absolute Gasteiger partial charge is 0.311 e. The highest BCUT2D eigenvalue weighted by atomic mass is 15.1. The Hall–Kier alpha value is -1.00. The van der Waals surface area contributed by atoms with Crippen molar-refractivity contribution in [2.24, 2.45) is 0 Å². The van der Waals surface area contributed by atoms with Crippen LogP contribution in [0.2, 0.25) is 0 Å². The molecule has 1 N–H and O–H groups in total. The summed E-state index contributed by atoms with van der Waals surface area (Å²) in [4.78, 5) is 11.6. The quantitative estimate of drug-likeness (QED) is 0.694. The Balaban J connectivity index is 2.57. The van der Waals surface area contributed by atoms with E-state index in [1.807, 2.05) is 6.92 Å². The summed E-state index contributed by atoms with van der Waals surface area (Å²) in [6.07, 6.45) is 2.09. The molecule has 1 rings (SSSR count). The fraction of sp³-hybridized carbons (Fsp3) is 0.733. The van der Waals surface area contributed by atoms with Gasteiger partial charge in [-0.05, 0) is 39.0 Å². The zero-order chi connectivity index (χ0) is 14.1. The van der Waals surface area contributed by atoms with Gasteiger partial charge in [0.2, 0.25) is 0 Å². The number of nitrogens with zero attached hydrogens (tertiary/aromatic N) is 3. The van der Waals surface area contributed by atoms with E-state index in [9.17, 15) is 0 Å². The first kappa shape index (κ1) is 16.1. The van der Waals surface area contributed by atoms with Gasteiger partial charge in [0.25, 0.3) is 0 Å². The van der Waals surface area contributed by atoms with Crippen molar-refractivity contribution in [2.75, 3.05) is 26.2 Å². The Morgan fingerprint density at radius 3 is 2.53 bits per heavy atom. The fourth-order valence-corrected chi connectivity index (χ4v) is 2.09. The molecule has 0 atom stereocenters. The zero-order valence-electron chi connectivity index (χ0n) is 12.9. The molecule has 4 nitrogen and oxygen atoms in total. The first-order valence-corrected chi connectivity index (χ1v) is 7.46. The second-order valence-electron chi connectivity index (χ2n) is 4.87. The maximum absolute atomic E-state index is 4.65. The molecular formula is C15H28N4. The van der Waals surface area contributed by atoms with Gasteiger partial charge in [0.15, 0.2) is 0 Å². The summed E-state index contributed by atoms with van der Waals surface area (Å²) in [5.74, 6) is 0.972. The summed E-state index contributed by atoms with van der Waals surface area (Å²) in [5.41, 5.74) is 2.17. The first-order chi connectivity index (χ1) is 9.19. The third kappa shape index (κ3) is 6.12. The van der Waals surface area contributed by atoms with Crippen molar-refractivity contribution in [3.63, 3.8) is 0 Å². The molecule has 4 heteroatoms. The lowest BCUT2D eigenvalue weighted by Gasteiger charge is -2.17. The van der Waals surface area contributed by atoms with E-state index in [1.54, 1.807) is 0 Å². The average Bonchev–Trinajstić information content (AvgIpc) is 2.40. The molecule has 0 spiro atoms. The summed E-state index contributed by atoms with van der Waals surface area (Å²) in [6.45, 7) is 13.7. The summed E-state index contributed by atoms with van der Waals surface area (Å²) in [6, 6.07) is 2.07. The minimum Gasteiger partial charge on any atom is -0.311 e. The van der Waals surface area contributed by atoms with Gasteiger partial charge < -0.3 is 10.2 Å². The normalized spacial score (nSPS) is 11.2. The van der Waals surface area contributed by atoms with E-state index in [-0.39, 0.29) is 0 Å². The number of hydrogen-bond acceptors (Lipinski definition) is 4. The second kappa shape index (κ2) is 8.99. The van der Waals surface area contributed by atoms with Gasteiger partial charge in [-0.15, -0.1) is 0 Å². The minimum atomic E-state index is 0.843. The van der Waals surface area contributed by atoms with Crippen LogP contribution >= 0.6 is 0 Å². The lowest BCUT2D eigenvalue weighted by atomic mass is 10.3. The maximum Gasteiger partial charge on any atom is 0.130 e. The summed E-state index contributed by atoms with van der Waals surface area (Å²) >= 11 is 0. The lowest BCUT2D eigenvalue weighted by molar-refractivity contribution is 0.305. The number of hydrogen-bond donors (Lipinski definition) is 1. The topological polar surface area (TPSA) is 41.1 Å². The molecule has 1 heterocycles. The molecule has 0 amide bonds. The molecule has 0 bridgehead atoms. The zero-order valence-corrected chi connectivity index (χ0v) is 12.9. The van der Waals surface area contributed by atoms with Crippen LogP contribution in [0.4, 0.5) is 0 Å². The molecular weight excluding hydrogens is 236 g/mol. The molecule has 0 aromatic carbocycles. The molecule has 0 unspecified atom stereocenters. The van der Waals surface area contributed by atoms with Crippen molar-refractivity contribution in [1.82, 2.24) is 20.2 Å². The minimum absolute atomic E-state index is 0.843. The van der Waals surface area contributed by atoms with Gasteiger partial charge in [-0.2, -0.15) is 0 Å². The van der Waals surface area contributed by atoms with Gasteiger partial charge >= 0.3 is 0 Å². The van der Waals surface area contributed by atoms with E-state index in [4.69, 9.17) is 0 Å². The highest BCUT2D eigenvalue weighted by Crippen LogP contribution is 2.03. The second-order valence-corrected chi connectivity index (χ2v) is 4.87. The molecule has 0 aliphatic carbocycles. The van der Waals surface area contributed by atoms with Crippen molar-refractivity contribution in [3.05, 3.63) is 23.3 Å². The Morgan fingerprint density at radius 1 is 1.16 bits per heavy atom. The van der Waals surface area contributed by atoms with E-state index in [0.29, 0.717) is 0 Å². The number of rotatable bonds is 9. The van der Waals surface area contributed by atoms with Gasteiger partial charge in [0.1, 0.15) is 5.82 Å². The Bertz CT molecular complexity index is 361. The van der Waals surface area contributed by atoms with Crippen LogP contribution in [0.1, 0.15) is 44.4 Å². The van der Waals surface area contributed by atoms with Crippen molar-refractivity contribution in [1.29, 1.82) is 0 Å². The van der Waals surface area contributed by atoms with Crippen LogP contribution in [-0.4, -0.2) is 41.0 Å². The standard InChI is InChI=1S/C15H28N4/c1-5-9-16-12-14-11-13(4)17-15(18-14)8-10-19(6-2)7-3/h11,16H,5-10,12H2,1-4H3. The third-order valence-corrected chi connectivity index (χ3v) is 3.23. The van der Waals surface area contributed by atoms with Crippen molar-refractivity contribution < 1.29 is 0 Å². The van der Waals surface area contributed by atoms with E-state index in [2.05, 4.69) is 47.0 Å². The molecule has 0 aliphatic heterocycles. The van der Waals surface area contributed by atoms with Crippen molar-refractivity contribution in [2.45, 2.75) is 47.1 Å². The predicted molar refractivity (Wildman–Crippen MR) is 80.3 cm³/mol. The van der Waals surface area contributed by atoms with E-state index >= 15 is 0 Å². The van der Waals surface area contributed by atoms with Crippen molar-refractivity contribution >= 4 is 0 Å². The molecule has 0 aliphatic rings. The molecule has 19 heavy (non-hydrogen) atoms. The van der Waals surface area contributed by atoms with Crippen molar-refractivity contribution in [3.8, 4) is 0 Å². The number of aryl methyl sites for hydroxylation is 1.